The predicted octanol–water partition coefficient (Wildman–Crippen LogP) is 0.235. The lowest BCUT2D eigenvalue weighted by Gasteiger charge is -2.08. The SMILES string of the molecule is C[C@H](NC(=O)Cn1cc(Br)cn1)C(=O)O. The van der Waals surface area contributed by atoms with Crippen LogP contribution < -0.4 is 5.32 Å². The summed E-state index contributed by atoms with van der Waals surface area (Å²) in [6, 6.07) is -0.892. The van der Waals surface area contributed by atoms with Gasteiger partial charge < -0.3 is 10.4 Å². The second-order valence-electron chi connectivity index (χ2n) is 2.98. The van der Waals surface area contributed by atoms with Crippen molar-refractivity contribution in [2.45, 2.75) is 19.5 Å². The minimum Gasteiger partial charge on any atom is -0.480 e. The molecule has 1 rings (SSSR count). The minimum atomic E-state index is -1.06. The number of aliphatic carboxylic acids is 1. The highest BCUT2D eigenvalue weighted by atomic mass is 79.9. The molecule has 1 atom stereocenters. The van der Waals surface area contributed by atoms with Gasteiger partial charge in [-0.25, -0.2) is 0 Å². The smallest absolute Gasteiger partial charge is 0.325 e. The molecule has 15 heavy (non-hydrogen) atoms. The van der Waals surface area contributed by atoms with Crippen LogP contribution >= 0.6 is 15.9 Å². The molecule has 7 heteroatoms. The first-order chi connectivity index (χ1) is 6.99. The molecule has 0 aliphatic carbocycles. The Balaban J connectivity index is 2.46. The monoisotopic (exact) mass is 275 g/mol. The predicted molar refractivity (Wildman–Crippen MR) is 55.2 cm³/mol. The lowest BCUT2D eigenvalue weighted by atomic mass is 10.3. The second kappa shape index (κ2) is 4.92. The van der Waals surface area contributed by atoms with Crippen molar-refractivity contribution in [1.29, 1.82) is 0 Å². The lowest BCUT2D eigenvalue weighted by Crippen LogP contribution is -2.40. The fraction of sp³-hybridized carbons (Fsp3) is 0.375. The van der Waals surface area contributed by atoms with E-state index in [0.29, 0.717) is 0 Å². The molecule has 0 saturated heterocycles. The lowest BCUT2D eigenvalue weighted by molar-refractivity contribution is -0.141. The van der Waals surface area contributed by atoms with Crippen molar-refractivity contribution < 1.29 is 14.7 Å². The number of carbonyl (C=O) groups is 2. The molecule has 0 aliphatic heterocycles. The average Bonchev–Trinajstić information content (AvgIpc) is 2.50. The van der Waals surface area contributed by atoms with Crippen LogP contribution in [0.2, 0.25) is 0 Å². The number of carbonyl (C=O) groups excluding carboxylic acids is 1. The van der Waals surface area contributed by atoms with Gasteiger partial charge in [0, 0.05) is 6.20 Å². The summed E-state index contributed by atoms with van der Waals surface area (Å²) < 4.78 is 2.18. The largest absolute Gasteiger partial charge is 0.480 e. The van der Waals surface area contributed by atoms with Crippen LogP contribution in [0.5, 0.6) is 0 Å². The van der Waals surface area contributed by atoms with E-state index in [1.54, 1.807) is 12.4 Å². The number of carboxylic acids is 1. The number of hydrogen-bond donors (Lipinski definition) is 2. The number of rotatable bonds is 4. The van der Waals surface area contributed by atoms with Gasteiger partial charge in [-0.3, -0.25) is 14.3 Å². The van der Waals surface area contributed by atoms with Crippen molar-refractivity contribution >= 4 is 27.8 Å². The van der Waals surface area contributed by atoms with E-state index >= 15 is 0 Å². The molecule has 0 unspecified atom stereocenters. The molecule has 82 valence electrons. The van der Waals surface area contributed by atoms with Gasteiger partial charge in [0.2, 0.25) is 5.91 Å². The fourth-order valence-corrected chi connectivity index (χ4v) is 1.25. The maximum atomic E-state index is 11.3. The summed E-state index contributed by atoms with van der Waals surface area (Å²) >= 11 is 3.19. The maximum absolute atomic E-state index is 11.3. The highest BCUT2D eigenvalue weighted by Crippen LogP contribution is 2.05. The summed E-state index contributed by atoms with van der Waals surface area (Å²) in [5, 5.41) is 14.7. The molecular weight excluding hydrogens is 266 g/mol. The van der Waals surface area contributed by atoms with Gasteiger partial charge in [0.25, 0.3) is 0 Å². The summed E-state index contributed by atoms with van der Waals surface area (Å²) in [5.74, 6) is -1.45. The molecular formula is C8H10BrN3O3. The van der Waals surface area contributed by atoms with E-state index in [1.807, 2.05) is 0 Å². The number of hydrogen-bond acceptors (Lipinski definition) is 3. The van der Waals surface area contributed by atoms with Gasteiger partial charge in [0.15, 0.2) is 0 Å². The zero-order valence-corrected chi connectivity index (χ0v) is 9.56. The first kappa shape index (κ1) is 11.7. The fourth-order valence-electron chi connectivity index (χ4n) is 0.921. The number of halogens is 1. The zero-order chi connectivity index (χ0) is 11.4. The topological polar surface area (TPSA) is 84.2 Å². The Labute approximate surface area is 94.4 Å². The zero-order valence-electron chi connectivity index (χ0n) is 7.98. The van der Waals surface area contributed by atoms with Crippen LogP contribution in [0.15, 0.2) is 16.9 Å². The summed E-state index contributed by atoms with van der Waals surface area (Å²) in [6.07, 6.45) is 3.18. The Hall–Kier alpha value is -1.37. The quantitative estimate of drug-likeness (QED) is 0.824. The van der Waals surface area contributed by atoms with Crippen molar-refractivity contribution in [2.75, 3.05) is 0 Å². The second-order valence-corrected chi connectivity index (χ2v) is 3.90. The van der Waals surface area contributed by atoms with Gasteiger partial charge in [-0.2, -0.15) is 5.10 Å². The van der Waals surface area contributed by atoms with Gasteiger partial charge in [-0.1, -0.05) is 0 Å². The number of carboxylic acid groups (broad SMARTS) is 1. The van der Waals surface area contributed by atoms with Gasteiger partial charge in [0.1, 0.15) is 12.6 Å². The number of aromatic nitrogens is 2. The first-order valence-electron chi connectivity index (χ1n) is 4.19. The molecule has 0 spiro atoms. The molecule has 2 N–H and O–H groups in total. The van der Waals surface area contributed by atoms with Crippen molar-refractivity contribution in [2.24, 2.45) is 0 Å². The molecule has 1 heterocycles. The van der Waals surface area contributed by atoms with Crippen molar-refractivity contribution in [3.8, 4) is 0 Å². The van der Waals surface area contributed by atoms with Crippen LogP contribution in [-0.4, -0.2) is 32.8 Å². The highest BCUT2D eigenvalue weighted by Gasteiger charge is 2.14. The van der Waals surface area contributed by atoms with Crippen LogP contribution in [0.1, 0.15) is 6.92 Å². The third-order valence-corrected chi connectivity index (χ3v) is 2.06. The number of amides is 1. The third kappa shape index (κ3) is 3.70. The summed E-state index contributed by atoms with van der Waals surface area (Å²) in [6.45, 7) is 1.41. The van der Waals surface area contributed by atoms with E-state index < -0.39 is 12.0 Å². The van der Waals surface area contributed by atoms with Crippen LogP contribution in [0.4, 0.5) is 0 Å². The third-order valence-electron chi connectivity index (χ3n) is 1.66. The Morgan fingerprint density at radius 1 is 1.73 bits per heavy atom. The number of nitrogens with one attached hydrogen (secondary N) is 1. The summed E-state index contributed by atoms with van der Waals surface area (Å²) in [5.41, 5.74) is 0. The van der Waals surface area contributed by atoms with E-state index in [4.69, 9.17) is 5.11 Å². The van der Waals surface area contributed by atoms with E-state index in [1.165, 1.54) is 11.6 Å². The van der Waals surface area contributed by atoms with Gasteiger partial charge in [-0.05, 0) is 22.9 Å². The van der Waals surface area contributed by atoms with Crippen molar-refractivity contribution in [3.05, 3.63) is 16.9 Å². The molecule has 0 aromatic carbocycles. The highest BCUT2D eigenvalue weighted by molar-refractivity contribution is 9.10. The number of nitrogens with zero attached hydrogens (tertiary/aromatic N) is 2. The van der Waals surface area contributed by atoms with Gasteiger partial charge in [0.05, 0.1) is 10.7 Å². The van der Waals surface area contributed by atoms with E-state index in [-0.39, 0.29) is 12.5 Å². The first-order valence-corrected chi connectivity index (χ1v) is 4.98. The molecule has 0 aliphatic rings. The molecule has 6 nitrogen and oxygen atoms in total. The van der Waals surface area contributed by atoms with Crippen LogP contribution in [0.25, 0.3) is 0 Å². The molecule has 1 amide bonds. The molecule has 1 aromatic heterocycles. The molecule has 0 bridgehead atoms. The average molecular weight is 276 g/mol. The van der Waals surface area contributed by atoms with Gasteiger partial charge >= 0.3 is 5.97 Å². The summed E-state index contributed by atoms with van der Waals surface area (Å²) in [4.78, 5) is 21.7. The maximum Gasteiger partial charge on any atom is 0.325 e. The Bertz CT molecular complexity index is 377. The van der Waals surface area contributed by atoms with E-state index in [2.05, 4.69) is 26.3 Å². The molecule has 0 fully saturated rings. The van der Waals surface area contributed by atoms with Crippen LogP contribution in [0.3, 0.4) is 0 Å². The van der Waals surface area contributed by atoms with Crippen LogP contribution in [0, 0.1) is 0 Å². The minimum absolute atomic E-state index is 0.00319. The standard InChI is InChI=1S/C8H10BrN3O3/c1-5(8(14)15)11-7(13)4-12-3-6(9)2-10-12/h2-3,5H,4H2,1H3,(H,11,13)(H,14,15)/t5-/m0/s1. The van der Waals surface area contributed by atoms with Crippen molar-refractivity contribution in [1.82, 2.24) is 15.1 Å². The Kier molecular flexibility index (Phi) is 3.84. The summed E-state index contributed by atoms with van der Waals surface area (Å²) in [7, 11) is 0. The Morgan fingerprint density at radius 2 is 2.40 bits per heavy atom. The molecule has 0 radical (unpaired) electrons. The molecule has 0 saturated carbocycles. The van der Waals surface area contributed by atoms with E-state index in [9.17, 15) is 9.59 Å². The Morgan fingerprint density at radius 3 is 2.87 bits per heavy atom. The van der Waals surface area contributed by atoms with Gasteiger partial charge in [-0.15, -0.1) is 0 Å². The normalized spacial score (nSPS) is 12.1. The van der Waals surface area contributed by atoms with Crippen molar-refractivity contribution in [3.63, 3.8) is 0 Å². The van der Waals surface area contributed by atoms with E-state index in [0.717, 1.165) is 4.47 Å². The van der Waals surface area contributed by atoms with Crippen LogP contribution in [-0.2, 0) is 16.1 Å². The molecule has 1 aromatic rings.